The van der Waals surface area contributed by atoms with Gasteiger partial charge in [-0.1, -0.05) is 62.7 Å². The summed E-state index contributed by atoms with van der Waals surface area (Å²) in [6, 6.07) is 14.3. The third kappa shape index (κ3) is 29.7. The molecule has 1 saturated carbocycles. The van der Waals surface area contributed by atoms with E-state index in [4.69, 9.17) is 48.4 Å². The normalized spacial score (nSPS) is 14.4. The molecular weight excluding hydrogens is 1120 g/mol. The number of carbonyl (C=O) groups is 9. The Morgan fingerprint density at radius 1 is 0.558 bits per heavy atom. The van der Waals surface area contributed by atoms with Crippen LogP contribution < -0.4 is 37.6 Å². The van der Waals surface area contributed by atoms with E-state index < -0.39 is 61.1 Å². The van der Waals surface area contributed by atoms with Crippen molar-refractivity contribution in [2.24, 2.45) is 23.0 Å². The van der Waals surface area contributed by atoms with Gasteiger partial charge in [-0.2, -0.15) is 0 Å². The molecule has 2 fully saturated rings. The first-order valence-electron chi connectivity index (χ1n) is 29.9. The highest BCUT2D eigenvalue weighted by atomic mass is 16.6. The lowest BCUT2D eigenvalue weighted by Gasteiger charge is -2.36. The van der Waals surface area contributed by atoms with Gasteiger partial charge in [0.1, 0.15) is 19.4 Å². The number of rotatable bonds is 51. The van der Waals surface area contributed by atoms with Crippen LogP contribution in [0.2, 0.25) is 0 Å². The molecule has 1 saturated heterocycles. The average molecular weight is 1210 g/mol. The Kier molecular flexibility index (Phi) is 36.1. The Hall–Kier alpha value is -6.49. The minimum absolute atomic E-state index is 0.00794. The number of primary amides is 1. The standard InChI is InChI=1S/C60H92N8O18/c1-3-60(4-2,48-18-19-48)49-38-56(74)68(59(49)77)21-10-6-9-13-51(69)62-20-22-78-23-24-79-25-26-80-27-28-81-29-30-82-31-32-83-33-34-84-35-36-85-43-55(73)64-39-52(70)63-41-54(72)67-50(37-45-11-7-5-8-12-45)58(76)65-40-53(71)66-44-86-42-46-14-16-47(17-15-46)57(61)75/h5,7-8,11-12,14-17,48-50H,3-4,6,9-10,13,18-44H2,1-2H3,(H2,61,75)(H,62,69)(H,63,70)(H,64,73)(H,65,76)(H,66,71)(H,67,72)/t49?,50-/m0/s1. The lowest BCUT2D eigenvalue weighted by Crippen LogP contribution is -2.52. The molecule has 26 heteroatoms. The van der Waals surface area contributed by atoms with E-state index in [0.717, 1.165) is 43.2 Å². The Morgan fingerprint density at radius 3 is 1.64 bits per heavy atom. The molecule has 1 unspecified atom stereocenters. The van der Waals surface area contributed by atoms with Gasteiger partial charge in [-0.05, 0) is 73.1 Å². The van der Waals surface area contributed by atoms with Crippen LogP contribution in [0.4, 0.5) is 0 Å². The average Bonchev–Trinajstić information content (AvgIpc) is 1.67. The quantitative estimate of drug-likeness (QED) is 0.0274. The highest BCUT2D eigenvalue weighted by molar-refractivity contribution is 6.04. The van der Waals surface area contributed by atoms with Gasteiger partial charge in [-0.25, -0.2) is 0 Å². The van der Waals surface area contributed by atoms with E-state index in [1.807, 2.05) is 0 Å². The van der Waals surface area contributed by atoms with Crippen LogP contribution in [-0.4, -0.2) is 209 Å². The van der Waals surface area contributed by atoms with Crippen molar-refractivity contribution in [3.05, 3.63) is 71.3 Å². The number of benzene rings is 2. The van der Waals surface area contributed by atoms with E-state index in [9.17, 15) is 43.2 Å². The van der Waals surface area contributed by atoms with Crippen molar-refractivity contribution in [2.75, 3.05) is 145 Å². The fourth-order valence-electron chi connectivity index (χ4n) is 9.61. The number of likely N-dealkylation sites (tertiary alicyclic amines) is 1. The zero-order valence-electron chi connectivity index (χ0n) is 50.1. The summed E-state index contributed by atoms with van der Waals surface area (Å²) in [5.41, 5.74) is 7.05. The molecule has 4 rings (SSSR count). The minimum atomic E-state index is -1.08. The number of nitrogens with two attached hydrogens (primary N) is 1. The van der Waals surface area contributed by atoms with Crippen LogP contribution >= 0.6 is 0 Å². The van der Waals surface area contributed by atoms with Crippen LogP contribution in [0.5, 0.6) is 0 Å². The van der Waals surface area contributed by atoms with Gasteiger partial charge >= 0.3 is 0 Å². The third-order valence-corrected chi connectivity index (χ3v) is 14.5. The SMILES string of the molecule is CCC(CC)(C1CC1)C1CC(=O)N(CCCCCC(=O)NCCOCCOCCOCCOCCOCCOCCOCCOCC(=O)NCC(=O)NCC(=O)N[C@@H](Cc2ccccc2)C(=O)NCC(=O)NCOCc2ccc(C(N)=O)cc2)C1=O. The van der Waals surface area contributed by atoms with Crippen molar-refractivity contribution in [3.8, 4) is 0 Å². The molecule has 0 spiro atoms. The molecule has 26 nitrogen and oxygen atoms in total. The Morgan fingerprint density at radius 2 is 1.08 bits per heavy atom. The molecule has 1 aliphatic carbocycles. The lowest BCUT2D eigenvalue weighted by atomic mass is 9.67. The summed E-state index contributed by atoms with van der Waals surface area (Å²) in [5, 5.41) is 15.2. The largest absolute Gasteiger partial charge is 0.377 e. The first-order chi connectivity index (χ1) is 41.8. The Balaban J connectivity index is 0.850. The van der Waals surface area contributed by atoms with Gasteiger partial charge in [0, 0.05) is 37.9 Å². The van der Waals surface area contributed by atoms with Gasteiger partial charge in [-0.3, -0.25) is 48.1 Å². The third-order valence-electron chi connectivity index (χ3n) is 14.5. The van der Waals surface area contributed by atoms with Gasteiger partial charge in [0.15, 0.2) is 0 Å². The molecule has 2 aromatic rings. The summed E-state index contributed by atoms with van der Waals surface area (Å²) in [6.07, 6.45) is 7.18. The first-order valence-corrected chi connectivity index (χ1v) is 29.9. The summed E-state index contributed by atoms with van der Waals surface area (Å²) in [6.45, 7) is 8.87. The van der Waals surface area contributed by atoms with E-state index in [2.05, 4.69) is 45.7 Å². The summed E-state index contributed by atoms with van der Waals surface area (Å²) >= 11 is 0. The molecule has 2 atom stereocenters. The number of unbranched alkanes of at least 4 members (excludes halogenated alkanes) is 2. The monoisotopic (exact) mass is 1210 g/mol. The van der Waals surface area contributed by atoms with E-state index in [-0.39, 0.29) is 68.6 Å². The number of ether oxygens (including phenoxy) is 9. The molecule has 8 N–H and O–H groups in total. The second-order valence-electron chi connectivity index (χ2n) is 20.6. The number of carbonyl (C=O) groups excluding carboxylic acids is 9. The van der Waals surface area contributed by atoms with Gasteiger partial charge in [-0.15, -0.1) is 0 Å². The molecule has 86 heavy (non-hydrogen) atoms. The van der Waals surface area contributed by atoms with Crippen molar-refractivity contribution in [2.45, 2.75) is 90.7 Å². The Bertz CT molecular complexity index is 2340. The maximum absolute atomic E-state index is 13.2. The number of hydrogen-bond donors (Lipinski definition) is 7. The van der Waals surface area contributed by atoms with Crippen LogP contribution in [0, 0.1) is 17.3 Å². The van der Waals surface area contributed by atoms with Crippen LogP contribution in [-0.2, 0) is 94.0 Å². The molecule has 1 heterocycles. The van der Waals surface area contributed by atoms with Crippen LogP contribution in [0.25, 0.3) is 0 Å². The predicted octanol–water partition coefficient (Wildman–Crippen LogP) is 0.853. The molecular formula is C60H92N8O18. The topological polar surface area (TPSA) is 338 Å². The zero-order valence-corrected chi connectivity index (χ0v) is 50.1. The second kappa shape index (κ2) is 43.2. The fraction of sp³-hybridized carbons (Fsp3) is 0.650. The number of imide groups is 1. The van der Waals surface area contributed by atoms with Crippen molar-refractivity contribution >= 4 is 53.2 Å². The molecule has 0 radical (unpaired) electrons. The maximum atomic E-state index is 13.2. The van der Waals surface area contributed by atoms with Gasteiger partial charge in [0.25, 0.3) is 0 Å². The second-order valence-corrected chi connectivity index (χ2v) is 20.6. The number of nitrogens with zero attached hydrogens (tertiary/aromatic N) is 1. The molecule has 0 aromatic heterocycles. The number of hydrogen-bond acceptors (Lipinski definition) is 18. The first kappa shape index (κ1) is 72.0. The molecule has 2 aliphatic rings. The van der Waals surface area contributed by atoms with E-state index in [0.29, 0.717) is 136 Å². The van der Waals surface area contributed by atoms with Crippen LogP contribution in [0.15, 0.2) is 54.6 Å². The smallest absolute Gasteiger partial charge is 0.248 e. The van der Waals surface area contributed by atoms with Crippen molar-refractivity contribution in [1.29, 1.82) is 0 Å². The number of nitrogens with one attached hydrogen (secondary N) is 6. The summed E-state index contributed by atoms with van der Waals surface area (Å²) in [7, 11) is 0. The molecule has 2 aromatic carbocycles. The molecule has 480 valence electrons. The minimum Gasteiger partial charge on any atom is -0.377 e. The number of amides is 9. The van der Waals surface area contributed by atoms with Crippen molar-refractivity contribution in [1.82, 2.24) is 36.8 Å². The van der Waals surface area contributed by atoms with Crippen LogP contribution in [0.1, 0.15) is 93.1 Å². The maximum Gasteiger partial charge on any atom is 0.248 e. The van der Waals surface area contributed by atoms with Gasteiger partial charge in [0.05, 0.1) is 131 Å². The van der Waals surface area contributed by atoms with E-state index in [1.165, 1.54) is 4.90 Å². The predicted molar refractivity (Wildman–Crippen MR) is 312 cm³/mol. The summed E-state index contributed by atoms with van der Waals surface area (Å²) in [4.78, 5) is 114. The van der Waals surface area contributed by atoms with Crippen LogP contribution in [0.3, 0.4) is 0 Å². The van der Waals surface area contributed by atoms with E-state index >= 15 is 0 Å². The van der Waals surface area contributed by atoms with Gasteiger partial charge in [0.2, 0.25) is 53.2 Å². The van der Waals surface area contributed by atoms with E-state index in [1.54, 1.807) is 54.6 Å². The van der Waals surface area contributed by atoms with Crippen molar-refractivity contribution in [3.63, 3.8) is 0 Å². The zero-order chi connectivity index (χ0) is 62.0. The molecule has 0 bridgehead atoms. The Labute approximate surface area is 504 Å². The summed E-state index contributed by atoms with van der Waals surface area (Å²) < 4.78 is 49.2. The molecule has 1 aliphatic heterocycles. The highest BCUT2D eigenvalue weighted by Gasteiger charge is 2.55. The highest BCUT2D eigenvalue weighted by Crippen LogP contribution is 2.56. The van der Waals surface area contributed by atoms with Crippen molar-refractivity contribution < 1.29 is 85.8 Å². The summed E-state index contributed by atoms with van der Waals surface area (Å²) in [5.74, 6) is -3.31. The fourth-order valence-corrected chi connectivity index (χ4v) is 9.61. The van der Waals surface area contributed by atoms with Gasteiger partial charge < -0.3 is 80.3 Å². The molecule has 9 amide bonds. The lowest BCUT2D eigenvalue weighted by molar-refractivity contribution is -0.141.